The Bertz CT molecular complexity index is 1300. The standard InChI is InChI=1S/C26H24ClN5O2S/c1-3-18-4-6-19(7-5-18)16-28-29-24(33)17-35-26-31-30-25(20-8-14-23(34-2)15-9-20)32(26)22-12-10-21(27)11-13-22/h4-16H,3,17H2,1-2H3,(H,29,33)/b28-16-. The highest BCUT2D eigenvalue weighted by Crippen LogP contribution is 2.29. The van der Waals surface area contributed by atoms with E-state index in [0.717, 1.165) is 29.0 Å². The van der Waals surface area contributed by atoms with E-state index in [0.29, 0.717) is 16.0 Å². The Morgan fingerprint density at radius 2 is 1.77 bits per heavy atom. The molecular weight excluding hydrogens is 482 g/mol. The Balaban J connectivity index is 1.49. The number of hydrazone groups is 1. The highest BCUT2D eigenvalue weighted by atomic mass is 35.5. The molecule has 0 saturated heterocycles. The van der Waals surface area contributed by atoms with E-state index in [-0.39, 0.29) is 11.7 Å². The highest BCUT2D eigenvalue weighted by Gasteiger charge is 2.17. The van der Waals surface area contributed by atoms with E-state index < -0.39 is 0 Å². The number of halogens is 1. The minimum atomic E-state index is -0.243. The summed E-state index contributed by atoms with van der Waals surface area (Å²) >= 11 is 7.36. The van der Waals surface area contributed by atoms with E-state index in [1.54, 1.807) is 25.5 Å². The van der Waals surface area contributed by atoms with Gasteiger partial charge in [-0.3, -0.25) is 9.36 Å². The lowest BCUT2D eigenvalue weighted by atomic mass is 10.1. The number of aryl methyl sites for hydroxylation is 1. The maximum absolute atomic E-state index is 12.4. The number of benzene rings is 3. The van der Waals surface area contributed by atoms with Gasteiger partial charge in [0.25, 0.3) is 5.91 Å². The predicted molar refractivity (Wildman–Crippen MR) is 141 cm³/mol. The summed E-state index contributed by atoms with van der Waals surface area (Å²) in [5.41, 5.74) is 6.44. The molecule has 7 nitrogen and oxygen atoms in total. The van der Waals surface area contributed by atoms with E-state index in [1.807, 2.05) is 65.2 Å². The Labute approximate surface area is 213 Å². The fourth-order valence-corrected chi connectivity index (χ4v) is 4.16. The summed E-state index contributed by atoms with van der Waals surface area (Å²) < 4.78 is 7.15. The third-order valence-corrected chi connectivity index (χ3v) is 6.37. The molecule has 0 bridgehead atoms. The van der Waals surface area contributed by atoms with Crippen LogP contribution < -0.4 is 10.2 Å². The van der Waals surface area contributed by atoms with Gasteiger partial charge in [-0.1, -0.05) is 54.6 Å². The average Bonchev–Trinajstić information content (AvgIpc) is 3.32. The van der Waals surface area contributed by atoms with Crippen molar-refractivity contribution < 1.29 is 9.53 Å². The second kappa shape index (κ2) is 11.7. The van der Waals surface area contributed by atoms with Crippen LogP contribution in [-0.4, -0.2) is 39.7 Å². The first kappa shape index (κ1) is 24.5. The minimum Gasteiger partial charge on any atom is -0.497 e. The van der Waals surface area contributed by atoms with E-state index in [1.165, 1.54) is 17.3 Å². The summed E-state index contributed by atoms with van der Waals surface area (Å²) in [6, 6.07) is 23.0. The average molecular weight is 506 g/mol. The zero-order chi connectivity index (χ0) is 24.6. The van der Waals surface area contributed by atoms with Gasteiger partial charge in [0.05, 0.1) is 19.1 Å². The van der Waals surface area contributed by atoms with Gasteiger partial charge in [-0.25, -0.2) is 5.43 Å². The number of thioether (sulfide) groups is 1. The van der Waals surface area contributed by atoms with Crippen LogP contribution in [0, 0.1) is 0 Å². The smallest absolute Gasteiger partial charge is 0.250 e. The molecule has 0 radical (unpaired) electrons. The van der Waals surface area contributed by atoms with E-state index >= 15 is 0 Å². The van der Waals surface area contributed by atoms with Crippen molar-refractivity contribution in [2.24, 2.45) is 5.10 Å². The summed E-state index contributed by atoms with van der Waals surface area (Å²) in [4.78, 5) is 12.4. The number of ether oxygens (including phenoxy) is 1. The third-order valence-electron chi connectivity index (χ3n) is 5.19. The SMILES string of the molecule is CCc1ccc(/C=N\NC(=O)CSc2nnc(-c3ccc(OC)cc3)n2-c2ccc(Cl)cc2)cc1. The fraction of sp³-hybridized carbons (Fsp3) is 0.154. The van der Waals surface area contributed by atoms with Crippen LogP contribution in [0.3, 0.4) is 0 Å². The first-order chi connectivity index (χ1) is 17.1. The number of nitrogens with zero attached hydrogens (tertiary/aromatic N) is 4. The Hall–Kier alpha value is -3.62. The molecule has 35 heavy (non-hydrogen) atoms. The number of carbonyl (C=O) groups is 1. The fourth-order valence-electron chi connectivity index (χ4n) is 3.29. The number of nitrogens with one attached hydrogen (secondary N) is 1. The monoisotopic (exact) mass is 505 g/mol. The van der Waals surface area contributed by atoms with Gasteiger partial charge in [-0.15, -0.1) is 10.2 Å². The maximum atomic E-state index is 12.4. The Morgan fingerprint density at radius 3 is 2.43 bits per heavy atom. The van der Waals surface area contributed by atoms with Gasteiger partial charge < -0.3 is 4.74 Å². The van der Waals surface area contributed by atoms with E-state index in [4.69, 9.17) is 16.3 Å². The van der Waals surface area contributed by atoms with Crippen LogP contribution in [-0.2, 0) is 11.2 Å². The lowest BCUT2D eigenvalue weighted by Gasteiger charge is -2.11. The van der Waals surface area contributed by atoms with Crippen LogP contribution in [0.1, 0.15) is 18.1 Å². The third kappa shape index (κ3) is 6.29. The molecular formula is C26H24ClN5O2S. The molecule has 0 aliphatic heterocycles. The number of hydrogen-bond donors (Lipinski definition) is 1. The molecule has 3 aromatic carbocycles. The minimum absolute atomic E-state index is 0.125. The predicted octanol–water partition coefficient (Wildman–Crippen LogP) is 5.40. The van der Waals surface area contributed by atoms with Crippen molar-refractivity contribution >= 4 is 35.5 Å². The molecule has 0 fully saturated rings. The maximum Gasteiger partial charge on any atom is 0.250 e. The van der Waals surface area contributed by atoms with Gasteiger partial charge in [-0.2, -0.15) is 5.10 Å². The number of methoxy groups -OCH3 is 1. The van der Waals surface area contributed by atoms with Crippen molar-refractivity contribution in [3.05, 3.63) is 88.9 Å². The van der Waals surface area contributed by atoms with E-state index in [9.17, 15) is 4.79 Å². The number of aromatic nitrogens is 3. The molecule has 1 aromatic heterocycles. The molecule has 9 heteroatoms. The van der Waals surface area contributed by atoms with Crippen molar-refractivity contribution in [3.8, 4) is 22.8 Å². The van der Waals surface area contributed by atoms with Gasteiger partial charge in [0.15, 0.2) is 11.0 Å². The quantitative estimate of drug-likeness (QED) is 0.187. The highest BCUT2D eigenvalue weighted by molar-refractivity contribution is 7.99. The number of carbonyl (C=O) groups excluding carboxylic acids is 1. The largest absolute Gasteiger partial charge is 0.497 e. The summed E-state index contributed by atoms with van der Waals surface area (Å²) in [5.74, 6) is 1.28. The zero-order valence-electron chi connectivity index (χ0n) is 19.3. The van der Waals surface area contributed by atoms with Gasteiger partial charge in [0.1, 0.15) is 5.75 Å². The summed E-state index contributed by atoms with van der Waals surface area (Å²) in [5, 5.41) is 14.0. The van der Waals surface area contributed by atoms with Crippen molar-refractivity contribution in [2.45, 2.75) is 18.5 Å². The molecule has 0 atom stereocenters. The number of rotatable bonds is 9. The first-order valence-electron chi connectivity index (χ1n) is 11.0. The lowest BCUT2D eigenvalue weighted by molar-refractivity contribution is -0.118. The van der Waals surface area contributed by atoms with Crippen molar-refractivity contribution in [2.75, 3.05) is 12.9 Å². The second-order valence-corrected chi connectivity index (χ2v) is 8.90. The molecule has 1 heterocycles. The van der Waals surface area contributed by atoms with Crippen LogP contribution >= 0.6 is 23.4 Å². The molecule has 1 N–H and O–H groups in total. The van der Waals surface area contributed by atoms with Crippen molar-refractivity contribution in [1.82, 2.24) is 20.2 Å². The molecule has 178 valence electrons. The second-order valence-electron chi connectivity index (χ2n) is 7.52. The van der Waals surface area contributed by atoms with Gasteiger partial charge >= 0.3 is 0 Å². The molecule has 0 aliphatic rings. The summed E-state index contributed by atoms with van der Waals surface area (Å²) in [7, 11) is 1.62. The van der Waals surface area contributed by atoms with Crippen LogP contribution in [0.4, 0.5) is 0 Å². The molecule has 0 aliphatic carbocycles. The molecule has 4 rings (SSSR count). The first-order valence-corrected chi connectivity index (χ1v) is 12.3. The Kier molecular flexibility index (Phi) is 8.18. The van der Waals surface area contributed by atoms with Crippen LogP contribution in [0.15, 0.2) is 83.1 Å². The van der Waals surface area contributed by atoms with Crippen LogP contribution in [0.25, 0.3) is 17.1 Å². The zero-order valence-corrected chi connectivity index (χ0v) is 20.9. The van der Waals surface area contributed by atoms with E-state index in [2.05, 4.69) is 27.6 Å². The molecule has 4 aromatic rings. The summed E-state index contributed by atoms with van der Waals surface area (Å²) in [6.07, 6.45) is 2.60. The molecule has 0 saturated carbocycles. The van der Waals surface area contributed by atoms with Crippen molar-refractivity contribution in [3.63, 3.8) is 0 Å². The summed E-state index contributed by atoms with van der Waals surface area (Å²) in [6.45, 7) is 2.11. The van der Waals surface area contributed by atoms with Crippen LogP contribution in [0.2, 0.25) is 5.02 Å². The molecule has 1 amide bonds. The van der Waals surface area contributed by atoms with Crippen LogP contribution in [0.5, 0.6) is 5.75 Å². The van der Waals surface area contributed by atoms with Gasteiger partial charge in [0, 0.05) is 16.3 Å². The normalized spacial score (nSPS) is 11.1. The topological polar surface area (TPSA) is 81.4 Å². The molecule has 0 unspecified atom stereocenters. The number of hydrogen-bond acceptors (Lipinski definition) is 6. The lowest BCUT2D eigenvalue weighted by Crippen LogP contribution is -2.20. The van der Waals surface area contributed by atoms with Crippen molar-refractivity contribution in [1.29, 1.82) is 0 Å². The number of amides is 1. The van der Waals surface area contributed by atoms with Gasteiger partial charge in [-0.05, 0) is 66.1 Å². The molecule has 0 spiro atoms. The Morgan fingerprint density at radius 1 is 1.06 bits per heavy atom. The van der Waals surface area contributed by atoms with Gasteiger partial charge in [0.2, 0.25) is 0 Å².